The van der Waals surface area contributed by atoms with Crippen LogP contribution in [0, 0.1) is 0 Å². The van der Waals surface area contributed by atoms with Gasteiger partial charge in [-0.25, -0.2) is 19.2 Å². The van der Waals surface area contributed by atoms with Crippen LogP contribution in [-0.4, -0.2) is 23.9 Å². The van der Waals surface area contributed by atoms with E-state index in [0.29, 0.717) is 17.1 Å². The molecule has 7 heteroatoms. The van der Waals surface area contributed by atoms with Crippen molar-refractivity contribution in [2.45, 2.75) is 84.0 Å². The van der Waals surface area contributed by atoms with Crippen molar-refractivity contribution < 1.29 is 28.7 Å². The fourth-order valence-electron chi connectivity index (χ4n) is 8.39. The average molecular weight is 796 g/mol. The van der Waals surface area contributed by atoms with E-state index in [1.807, 2.05) is 17.0 Å². The molecule has 8 rings (SSSR count). The summed E-state index contributed by atoms with van der Waals surface area (Å²) in [6, 6.07) is 45.1. The molecule has 6 aromatic carbocycles. The molecule has 0 fully saturated rings. The van der Waals surface area contributed by atoms with Crippen molar-refractivity contribution in [1.29, 1.82) is 0 Å². The lowest BCUT2D eigenvalue weighted by Gasteiger charge is -2.38. The molecule has 302 valence electrons. The Morgan fingerprint density at radius 2 is 0.567 bits per heavy atom. The Kier molecular flexibility index (Phi) is 9.58. The Bertz CT molecular complexity index is 2470. The van der Waals surface area contributed by atoms with Crippen LogP contribution in [0.15, 0.2) is 133 Å². The number of benzene rings is 6. The van der Waals surface area contributed by atoms with E-state index < -0.39 is 29.3 Å². The first-order valence-electron chi connectivity index (χ1n) is 20.3. The normalized spacial score (nSPS) is 14.2. The quantitative estimate of drug-likeness (QED) is 0.0903. The molecule has 0 saturated heterocycles. The van der Waals surface area contributed by atoms with Crippen LogP contribution in [0.4, 0.5) is 17.1 Å². The number of cyclic esters (lactones) is 4. The van der Waals surface area contributed by atoms with E-state index in [-0.39, 0.29) is 38.5 Å². The van der Waals surface area contributed by atoms with Gasteiger partial charge in [-0.3, -0.25) is 0 Å². The van der Waals surface area contributed by atoms with Crippen LogP contribution in [0.25, 0.3) is 0 Å². The molecule has 0 radical (unpaired) electrons. The maximum atomic E-state index is 12.8. The van der Waals surface area contributed by atoms with Crippen molar-refractivity contribution in [3.05, 3.63) is 195 Å². The van der Waals surface area contributed by atoms with Crippen molar-refractivity contribution in [1.82, 2.24) is 0 Å². The molecule has 0 N–H and O–H groups in total. The molecule has 0 saturated carbocycles. The van der Waals surface area contributed by atoms with Crippen molar-refractivity contribution in [3.8, 4) is 0 Å². The standard InChI is InChI=1S/C53H49NO6/c1-50(2,3)32-10-16-35(17-11-32)53(36-18-12-33(13-19-36)51(4,5)6,37-20-14-34(15-21-37)52(7,8)9)38-22-24-39(25-23-38)54(40-26-28-42-44(30-40)48(57)59-46(42)55)41-27-29-43-45(31-41)49(58)60-47(43)56/h10-31H,1-9H3. The zero-order chi connectivity index (χ0) is 42.9. The lowest BCUT2D eigenvalue weighted by molar-refractivity contribution is 0.0425. The highest BCUT2D eigenvalue weighted by molar-refractivity contribution is 6.16. The van der Waals surface area contributed by atoms with Crippen LogP contribution in [-0.2, 0) is 31.1 Å². The zero-order valence-corrected chi connectivity index (χ0v) is 35.6. The summed E-state index contributed by atoms with van der Waals surface area (Å²) < 4.78 is 9.85. The fraction of sp³-hybridized carbons (Fsp3) is 0.245. The average Bonchev–Trinajstić information content (AvgIpc) is 3.66. The number of fused-ring (bicyclic) bond motifs is 2. The summed E-state index contributed by atoms with van der Waals surface area (Å²) in [5.41, 5.74) is 9.60. The summed E-state index contributed by atoms with van der Waals surface area (Å²) in [5.74, 6) is -2.86. The second-order valence-electron chi connectivity index (χ2n) is 18.9. The molecule has 6 aromatic rings. The lowest BCUT2D eigenvalue weighted by Crippen LogP contribution is -2.31. The van der Waals surface area contributed by atoms with Gasteiger partial charge in [-0.2, -0.15) is 0 Å². The van der Waals surface area contributed by atoms with Crippen LogP contribution in [0.2, 0.25) is 0 Å². The number of carbonyl (C=O) groups is 4. The molecule has 0 aromatic heterocycles. The summed E-state index contributed by atoms with van der Waals surface area (Å²) in [7, 11) is 0. The van der Waals surface area contributed by atoms with Crippen LogP contribution < -0.4 is 4.90 Å². The Hall–Kier alpha value is -6.60. The van der Waals surface area contributed by atoms with Gasteiger partial charge in [0.05, 0.1) is 27.7 Å². The SMILES string of the molecule is CC(C)(C)c1ccc(C(c2ccc(N(c3ccc4c(c3)C(=O)OC4=O)c3ccc4c(c3)C(=O)OC4=O)cc2)(c2ccc(C(C)(C)C)cc2)c2ccc(C(C)(C)C)cc2)cc1. The summed E-state index contributed by atoms with van der Waals surface area (Å²) in [5, 5.41) is 0. The Labute approximate surface area is 352 Å². The first-order chi connectivity index (χ1) is 28.3. The minimum atomic E-state index is -0.762. The minimum absolute atomic E-state index is 0.0435. The third-order valence-electron chi connectivity index (χ3n) is 11.9. The summed E-state index contributed by atoms with van der Waals surface area (Å²) in [4.78, 5) is 52.3. The molecule has 2 aliphatic rings. The second-order valence-corrected chi connectivity index (χ2v) is 18.9. The van der Waals surface area contributed by atoms with Crippen LogP contribution in [0.1, 0.15) is 143 Å². The fourth-order valence-corrected chi connectivity index (χ4v) is 8.39. The highest BCUT2D eigenvalue weighted by atomic mass is 16.6. The number of ether oxygens (including phenoxy) is 2. The molecule has 0 spiro atoms. The number of anilines is 3. The molecule has 7 nitrogen and oxygen atoms in total. The molecule has 0 aliphatic carbocycles. The lowest BCUT2D eigenvalue weighted by atomic mass is 9.64. The van der Waals surface area contributed by atoms with Gasteiger partial charge >= 0.3 is 23.9 Å². The van der Waals surface area contributed by atoms with Gasteiger partial charge in [0.2, 0.25) is 0 Å². The Morgan fingerprint density at radius 3 is 0.867 bits per heavy atom. The first-order valence-corrected chi connectivity index (χ1v) is 20.3. The molecule has 0 unspecified atom stereocenters. The number of hydrogen-bond donors (Lipinski definition) is 0. The van der Waals surface area contributed by atoms with Gasteiger partial charge < -0.3 is 14.4 Å². The highest BCUT2D eigenvalue weighted by Gasteiger charge is 2.40. The van der Waals surface area contributed by atoms with Crippen molar-refractivity contribution >= 4 is 40.9 Å². The van der Waals surface area contributed by atoms with E-state index in [9.17, 15) is 19.2 Å². The molecular weight excluding hydrogens is 747 g/mol. The van der Waals surface area contributed by atoms with Gasteiger partial charge in [-0.15, -0.1) is 0 Å². The molecule has 2 heterocycles. The first kappa shape index (κ1) is 40.2. The predicted molar refractivity (Wildman–Crippen MR) is 235 cm³/mol. The second kappa shape index (κ2) is 14.3. The van der Waals surface area contributed by atoms with Gasteiger partial charge in [-0.05, 0) is 104 Å². The third-order valence-corrected chi connectivity index (χ3v) is 11.9. The van der Waals surface area contributed by atoms with E-state index in [1.54, 1.807) is 36.4 Å². The third kappa shape index (κ3) is 6.92. The van der Waals surface area contributed by atoms with E-state index in [2.05, 4.69) is 147 Å². The molecule has 0 amide bonds. The maximum absolute atomic E-state index is 12.8. The van der Waals surface area contributed by atoms with E-state index in [0.717, 1.165) is 22.3 Å². The number of rotatable bonds is 7. The number of hydrogen-bond acceptors (Lipinski definition) is 7. The van der Waals surface area contributed by atoms with Gasteiger partial charge in [0.15, 0.2) is 0 Å². The number of nitrogens with zero attached hydrogens (tertiary/aromatic N) is 1. The largest absolute Gasteiger partial charge is 0.386 e. The topological polar surface area (TPSA) is 90.0 Å². The van der Waals surface area contributed by atoms with Gasteiger partial charge in [-0.1, -0.05) is 147 Å². The summed E-state index contributed by atoms with van der Waals surface area (Å²) >= 11 is 0. The molecule has 0 bridgehead atoms. The monoisotopic (exact) mass is 795 g/mol. The van der Waals surface area contributed by atoms with Crippen molar-refractivity contribution in [2.24, 2.45) is 0 Å². The predicted octanol–water partition coefficient (Wildman–Crippen LogP) is 12.1. The van der Waals surface area contributed by atoms with E-state index in [1.165, 1.54) is 16.7 Å². The molecule has 0 atom stereocenters. The smallest absolute Gasteiger partial charge is 0.346 e. The minimum Gasteiger partial charge on any atom is -0.386 e. The van der Waals surface area contributed by atoms with Crippen LogP contribution >= 0.6 is 0 Å². The Balaban J connectivity index is 1.36. The Morgan fingerprint density at radius 1 is 0.317 bits per heavy atom. The van der Waals surface area contributed by atoms with Crippen LogP contribution in [0.3, 0.4) is 0 Å². The van der Waals surface area contributed by atoms with Gasteiger partial charge in [0.25, 0.3) is 0 Å². The summed E-state index contributed by atoms with van der Waals surface area (Å²) in [6.45, 7) is 20.0. The molecule has 60 heavy (non-hydrogen) atoms. The summed E-state index contributed by atoms with van der Waals surface area (Å²) in [6.07, 6.45) is 0. The zero-order valence-electron chi connectivity index (χ0n) is 35.6. The molecular formula is C53H49NO6. The van der Waals surface area contributed by atoms with Crippen molar-refractivity contribution in [2.75, 3.05) is 4.90 Å². The maximum Gasteiger partial charge on any atom is 0.346 e. The number of esters is 4. The van der Waals surface area contributed by atoms with E-state index >= 15 is 0 Å². The highest BCUT2D eigenvalue weighted by Crippen LogP contribution is 2.48. The van der Waals surface area contributed by atoms with E-state index in [4.69, 9.17) is 9.47 Å². The van der Waals surface area contributed by atoms with Gasteiger partial charge in [0.1, 0.15) is 0 Å². The van der Waals surface area contributed by atoms with Gasteiger partial charge in [0, 0.05) is 17.1 Å². The van der Waals surface area contributed by atoms with Crippen molar-refractivity contribution in [3.63, 3.8) is 0 Å². The molecule has 2 aliphatic heterocycles. The van der Waals surface area contributed by atoms with Crippen LogP contribution in [0.5, 0.6) is 0 Å². The number of carbonyl (C=O) groups excluding carboxylic acids is 4.